The summed E-state index contributed by atoms with van der Waals surface area (Å²) < 4.78 is 0. The van der Waals surface area contributed by atoms with Gasteiger partial charge < -0.3 is 5.11 Å². The molecule has 88 valence electrons. The fraction of sp³-hybridized carbons (Fsp3) is 0.600. The summed E-state index contributed by atoms with van der Waals surface area (Å²) in [5.41, 5.74) is 2.97. The number of benzene rings is 1. The molecular formula is C15H22O. The Morgan fingerprint density at radius 1 is 1.38 bits per heavy atom. The first kappa shape index (κ1) is 11.7. The minimum absolute atomic E-state index is 0.0462. The van der Waals surface area contributed by atoms with E-state index in [0.29, 0.717) is 5.92 Å². The molecule has 1 aliphatic carbocycles. The zero-order valence-corrected chi connectivity index (χ0v) is 10.5. The first-order chi connectivity index (χ1) is 7.54. The van der Waals surface area contributed by atoms with E-state index < -0.39 is 0 Å². The van der Waals surface area contributed by atoms with Crippen molar-refractivity contribution < 1.29 is 5.11 Å². The van der Waals surface area contributed by atoms with Crippen molar-refractivity contribution in [1.82, 2.24) is 0 Å². The van der Waals surface area contributed by atoms with Crippen LogP contribution in [0.1, 0.15) is 50.7 Å². The van der Waals surface area contributed by atoms with Crippen LogP contribution in [0.15, 0.2) is 24.3 Å². The second-order valence-electron chi connectivity index (χ2n) is 5.69. The number of rotatable bonds is 4. The number of aliphatic hydroxyl groups excluding tert-OH is 1. The van der Waals surface area contributed by atoms with Crippen LogP contribution in [0.2, 0.25) is 0 Å². The Morgan fingerprint density at radius 3 is 2.69 bits per heavy atom. The third-order valence-corrected chi connectivity index (χ3v) is 4.28. The zero-order chi connectivity index (χ0) is 11.8. The predicted molar refractivity (Wildman–Crippen MR) is 67.6 cm³/mol. The molecule has 0 aromatic heterocycles. The maximum Gasteiger partial charge on any atom is 0.0597 e. The highest BCUT2D eigenvalue weighted by molar-refractivity contribution is 5.39. The first-order valence-corrected chi connectivity index (χ1v) is 6.30. The van der Waals surface area contributed by atoms with Crippen LogP contribution in [0.4, 0.5) is 0 Å². The molecule has 1 aliphatic rings. The Bertz CT molecular complexity index is 367. The standard InChI is InChI=1S/C15H22O/c1-4-15(2,3)14(16)10-12-9-11-7-5-6-8-13(11)12/h5-8,12,14,16H,4,9-10H2,1-3H3. The molecule has 0 spiro atoms. The molecule has 1 heteroatoms. The van der Waals surface area contributed by atoms with Gasteiger partial charge in [0.1, 0.15) is 0 Å². The fourth-order valence-corrected chi connectivity index (χ4v) is 2.40. The zero-order valence-electron chi connectivity index (χ0n) is 10.5. The predicted octanol–water partition coefficient (Wildman–Crippen LogP) is 3.51. The van der Waals surface area contributed by atoms with Gasteiger partial charge in [-0.05, 0) is 41.7 Å². The van der Waals surface area contributed by atoms with Gasteiger partial charge in [-0.1, -0.05) is 45.0 Å². The number of fused-ring (bicyclic) bond motifs is 1. The molecule has 2 rings (SSSR count). The van der Waals surface area contributed by atoms with E-state index in [2.05, 4.69) is 45.0 Å². The Kier molecular flexibility index (Phi) is 3.07. The molecule has 16 heavy (non-hydrogen) atoms. The van der Waals surface area contributed by atoms with Crippen LogP contribution in [-0.2, 0) is 6.42 Å². The molecule has 1 N–H and O–H groups in total. The molecule has 0 radical (unpaired) electrons. The Morgan fingerprint density at radius 2 is 2.06 bits per heavy atom. The summed E-state index contributed by atoms with van der Waals surface area (Å²) in [6.45, 7) is 6.46. The second kappa shape index (κ2) is 4.21. The minimum Gasteiger partial charge on any atom is -0.393 e. The van der Waals surface area contributed by atoms with E-state index in [1.165, 1.54) is 11.1 Å². The maximum atomic E-state index is 10.2. The summed E-state index contributed by atoms with van der Waals surface area (Å²) in [6, 6.07) is 8.60. The molecule has 2 unspecified atom stereocenters. The van der Waals surface area contributed by atoms with Crippen molar-refractivity contribution in [2.24, 2.45) is 5.41 Å². The lowest BCUT2D eigenvalue weighted by Crippen LogP contribution is -2.32. The molecule has 0 heterocycles. The summed E-state index contributed by atoms with van der Waals surface area (Å²) in [5, 5.41) is 10.2. The molecular weight excluding hydrogens is 196 g/mol. The van der Waals surface area contributed by atoms with E-state index in [1.54, 1.807) is 0 Å². The smallest absolute Gasteiger partial charge is 0.0597 e. The van der Waals surface area contributed by atoms with Gasteiger partial charge in [-0.3, -0.25) is 0 Å². The highest BCUT2D eigenvalue weighted by Crippen LogP contribution is 2.41. The van der Waals surface area contributed by atoms with E-state index >= 15 is 0 Å². The largest absolute Gasteiger partial charge is 0.393 e. The quantitative estimate of drug-likeness (QED) is 0.820. The van der Waals surface area contributed by atoms with Gasteiger partial charge in [0.05, 0.1) is 6.10 Å². The normalized spacial score (nSPS) is 21.1. The van der Waals surface area contributed by atoms with Crippen molar-refractivity contribution in [3.63, 3.8) is 0 Å². The molecule has 0 bridgehead atoms. The SMILES string of the molecule is CCC(C)(C)C(O)CC1Cc2ccccc21. The van der Waals surface area contributed by atoms with Crippen LogP contribution in [0, 0.1) is 5.41 Å². The third-order valence-electron chi connectivity index (χ3n) is 4.28. The van der Waals surface area contributed by atoms with Gasteiger partial charge in [0.2, 0.25) is 0 Å². The van der Waals surface area contributed by atoms with E-state index in [9.17, 15) is 5.11 Å². The summed E-state index contributed by atoms with van der Waals surface area (Å²) >= 11 is 0. The van der Waals surface area contributed by atoms with E-state index in [-0.39, 0.29) is 11.5 Å². The van der Waals surface area contributed by atoms with Gasteiger partial charge in [-0.2, -0.15) is 0 Å². The Hall–Kier alpha value is -0.820. The first-order valence-electron chi connectivity index (χ1n) is 6.30. The molecule has 1 aromatic rings. The van der Waals surface area contributed by atoms with Crippen LogP contribution in [0.5, 0.6) is 0 Å². The molecule has 0 amide bonds. The highest BCUT2D eigenvalue weighted by atomic mass is 16.3. The van der Waals surface area contributed by atoms with Gasteiger partial charge >= 0.3 is 0 Å². The monoisotopic (exact) mass is 218 g/mol. The summed E-state index contributed by atoms with van der Waals surface area (Å²) in [6.07, 6.45) is 2.91. The molecule has 0 saturated carbocycles. The molecule has 1 aromatic carbocycles. The number of hydrogen-bond acceptors (Lipinski definition) is 1. The van der Waals surface area contributed by atoms with Gasteiger partial charge in [-0.15, -0.1) is 0 Å². The lowest BCUT2D eigenvalue weighted by atomic mass is 9.71. The molecule has 2 atom stereocenters. The van der Waals surface area contributed by atoms with Crippen LogP contribution < -0.4 is 0 Å². The summed E-state index contributed by atoms with van der Waals surface area (Å²) in [5.74, 6) is 0.581. The van der Waals surface area contributed by atoms with Gasteiger partial charge in [-0.25, -0.2) is 0 Å². The van der Waals surface area contributed by atoms with Crippen LogP contribution in [0.3, 0.4) is 0 Å². The van der Waals surface area contributed by atoms with E-state index in [0.717, 1.165) is 19.3 Å². The maximum absolute atomic E-state index is 10.2. The lowest BCUT2D eigenvalue weighted by molar-refractivity contribution is 0.0328. The van der Waals surface area contributed by atoms with E-state index in [4.69, 9.17) is 0 Å². The second-order valence-corrected chi connectivity index (χ2v) is 5.69. The van der Waals surface area contributed by atoms with Crippen molar-refractivity contribution in [1.29, 1.82) is 0 Å². The average molecular weight is 218 g/mol. The Balaban J connectivity index is 1.99. The van der Waals surface area contributed by atoms with Gasteiger partial charge in [0, 0.05) is 0 Å². The average Bonchev–Trinajstić information content (AvgIpc) is 2.25. The summed E-state index contributed by atoms with van der Waals surface area (Å²) in [4.78, 5) is 0. The summed E-state index contributed by atoms with van der Waals surface area (Å²) in [7, 11) is 0. The molecule has 0 aliphatic heterocycles. The van der Waals surface area contributed by atoms with Gasteiger partial charge in [0.15, 0.2) is 0 Å². The van der Waals surface area contributed by atoms with Crippen molar-refractivity contribution in [2.45, 2.75) is 52.1 Å². The van der Waals surface area contributed by atoms with Crippen molar-refractivity contribution in [3.8, 4) is 0 Å². The van der Waals surface area contributed by atoms with Crippen LogP contribution in [-0.4, -0.2) is 11.2 Å². The number of aliphatic hydroxyl groups is 1. The minimum atomic E-state index is -0.184. The van der Waals surface area contributed by atoms with Crippen molar-refractivity contribution in [2.75, 3.05) is 0 Å². The highest BCUT2D eigenvalue weighted by Gasteiger charge is 2.33. The number of hydrogen-bond donors (Lipinski definition) is 1. The van der Waals surface area contributed by atoms with Gasteiger partial charge in [0.25, 0.3) is 0 Å². The van der Waals surface area contributed by atoms with E-state index in [1.807, 2.05) is 0 Å². The molecule has 0 saturated heterocycles. The van der Waals surface area contributed by atoms with Crippen molar-refractivity contribution >= 4 is 0 Å². The molecule has 1 nitrogen and oxygen atoms in total. The fourth-order valence-electron chi connectivity index (χ4n) is 2.40. The van der Waals surface area contributed by atoms with Crippen molar-refractivity contribution in [3.05, 3.63) is 35.4 Å². The topological polar surface area (TPSA) is 20.2 Å². The van der Waals surface area contributed by atoms with Crippen LogP contribution >= 0.6 is 0 Å². The third kappa shape index (κ3) is 2.01. The Labute approximate surface area is 98.5 Å². The molecule has 0 fully saturated rings. The van der Waals surface area contributed by atoms with Crippen LogP contribution in [0.25, 0.3) is 0 Å². The lowest BCUT2D eigenvalue weighted by Gasteiger charge is -2.36.